The van der Waals surface area contributed by atoms with Crippen LogP contribution in [0.2, 0.25) is 0 Å². The Hall–Kier alpha value is -2.38. The van der Waals surface area contributed by atoms with Crippen molar-refractivity contribution >= 4 is 0 Å². The van der Waals surface area contributed by atoms with E-state index in [0.29, 0.717) is 18.8 Å². The van der Waals surface area contributed by atoms with Crippen LogP contribution in [0.25, 0.3) is 0 Å². The zero-order valence-electron chi connectivity index (χ0n) is 12.3. The van der Waals surface area contributed by atoms with Crippen molar-refractivity contribution in [3.8, 4) is 11.8 Å². The molecule has 4 heteroatoms. The van der Waals surface area contributed by atoms with Crippen molar-refractivity contribution in [2.24, 2.45) is 0 Å². The first-order valence-electron chi connectivity index (χ1n) is 6.84. The van der Waals surface area contributed by atoms with Gasteiger partial charge in [-0.25, -0.2) is 4.98 Å². The van der Waals surface area contributed by atoms with Gasteiger partial charge in [-0.1, -0.05) is 24.0 Å². The second kappa shape index (κ2) is 6.87. The van der Waals surface area contributed by atoms with Crippen LogP contribution in [0.3, 0.4) is 0 Å². The molecule has 1 N–H and O–H groups in total. The molecule has 0 fully saturated rings. The summed E-state index contributed by atoms with van der Waals surface area (Å²) < 4.78 is 1.65. The number of rotatable bonds is 3. The minimum absolute atomic E-state index is 0.0447. The molecule has 0 aliphatic heterocycles. The molecule has 4 nitrogen and oxygen atoms in total. The molecule has 0 spiro atoms. The van der Waals surface area contributed by atoms with Crippen molar-refractivity contribution in [1.82, 2.24) is 9.55 Å². The van der Waals surface area contributed by atoms with Crippen LogP contribution in [0.15, 0.2) is 35.1 Å². The zero-order valence-corrected chi connectivity index (χ0v) is 12.3. The number of hydrogen-bond donors (Lipinski definition) is 1. The van der Waals surface area contributed by atoms with E-state index in [4.69, 9.17) is 5.11 Å². The van der Waals surface area contributed by atoms with Crippen molar-refractivity contribution in [2.75, 3.05) is 6.61 Å². The predicted molar refractivity (Wildman–Crippen MR) is 82.1 cm³/mol. The fraction of sp³-hybridized carbons (Fsp3) is 0.294. The molecule has 0 saturated carbocycles. The van der Waals surface area contributed by atoms with Crippen LogP contribution >= 0.6 is 0 Å². The maximum Gasteiger partial charge on any atom is 0.254 e. The molecular formula is C17H18N2O2. The third kappa shape index (κ3) is 4.04. The Bertz CT molecular complexity index is 751. The molecule has 0 bridgehead atoms. The fourth-order valence-electron chi connectivity index (χ4n) is 2.11. The Morgan fingerprint density at radius 1 is 1.29 bits per heavy atom. The molecule has 108 valence electrons. The smallest absolute Gasteiger partial charge is 0.254 e. The van der Waals surface area contributed by atoms with E-state index in [1.54, 1.807) is 4.57 Å². The number of hydrogen-bond acceptors (Lipinski definition) is 3. The van der Waals surface area contributed by atoms with Gasteiger partial charge in [-0.3, -0.25) is 9.36 Å². The van der Waals surface area contributed by atoms with Crippen LogP contribution in [0, 0.1) is 25.7 Å². The minimum atomic E-state index is -0.0447. The molecule has 0 radical (unpaired) electrons. The summed E-state index contributed by atoms with van der Waals surface area (Å²) in [6.07, 6.45) is 0.463. The highest BCUT2D eigenvalue weighted by molar-refractivity contribution is 5.37. The topological polar surface area (TPSA) is 55.1 Å². The number of benzene rings is 1. The van der Waals surface area contributed by atoms with Gasteiger partial charge in [0.2, 0.25) is 0 Å². The molecule has 21 heavy (non-hydrogen) atoms. The van der Waals surface area contributed by atoms with E-state index in [9.17, 15) is 4.79 Å². The molecule has 0 atom stereocenters. The van der Waals surface area contributed by atoms with Gasteiger partial charge in [0.15, 0.2) is 0 Å². The van der Waals surface area contributed by atoms with Crippen LogP contribution < -0.4 is 5.56 Å². The zero-order chi connectivity index (χ0) is 15.2. The average molecular weight is 282 g/mol. The maximum atomic E-state index is 12.0. The number of aliphatic hydroxyl groups excluding tert-OH is 1. The van der Waals surface area contributed by atoms with Gasteiger partial charge in [0, 0.05) is 23.7 Å². The van der Waals surface area contributed by atoms with Gasteiger partial charge in [-0.2, -0.15) is 0 Å². The van der Waals surface area contributed by atoms with Crippen molar-refractivity contribution in [1.29, 1.82) is 0 Å². The van der Waals surface area contributed by atoms with Gasteiger partial charge < -0.3 is 5.11 Å². The summed E-state index contributed by atoms with van der Waals surface area (Å²) in [4.78, 5) is 16.3. The quantitative estimate of drug-likeness (QED) is 0.871. The summed E-state index contributed by atoms with van der Waals surface area (Å²) in [5, 5.41) is 8.73. The highest BCUT2D eigenvalue weighted by atomic mass is 16.2. The summed E-state index contributed by atoms with van der Waals surface area (Å²) in [5.41, 5.74) is 2.57. The Labute approximate surface area is 124 Å². The van der Waals surface area contributed by atoms with E-state index < -0.39 is 0 Å². The maximum absolute atomic E-state index is 12.0. The predicted octanol–water partition coefficient (Wildman–Crippen LogP) is 1.64. The van der Waals surface area contributed by atoms with Crippen molar-refractivity contribution < 1.29 is 5.11 Å². The van der Waals surface area contributed by atoms with Crippen LogP contribution in [0.5, 0.6) is 0 Å². The molecule has 0 aliphatic carbocycles. The molecule has 2 aromatic rings. The van der Waals surface area contributed by atoms with E-state index in [2.05, 4.69) is 16.8 Å². The van der Waals surface area contributed by atoms with E-state index in [1.165, 1.54) is 6.07 Å². The van der Waals surface area contributed by atoms with Crippen LogP contribution in [0.1, 0.15) is 29.1 Å². The molecule has 0 saturated heterocycles. The molecule has 1 aromatic carbocycles. The lowest BCUT2D eigenvalue weighted by Crippen LogP contribution is -2.24. The lowest BCUT2D eigenvalue weighted by Gasteiger charge is -2.10. The standard InChI is InChI=1S/C17H18N2O2/c1-13-10-17(21)19(14(2)18-13)12-16-8-5-7-15(11-16)6-3-4-9-20/h5,7-8,10-11,20H,4,9,12H2,1-2H3. The minimum Gasteiger partial charge on any atom is -0.395 e. The molecule has 2 rings (SSSR count). The van der Waals surface area contributed by atoms with Crippen LogP contribution in [-0.4, -0.2) is 21.3 Å². The van der Waals surface area contributed by atoms with Gasteiger partial charge in [0.05, 0.1) is 13.2 Å². The molecule has 0 unspecified atom stereocenters. The Balaban J connectivity index is 2.27. The van der Waals surface area contributed by atoms with E-state index >= 15 is 0 Å². The van der Waals surface area contributed by atoms with Gasteiger partial charge in [0.1, 0.15) is 5.82 Å². The number of aryl methyl sites for hydroxylation is 2. The van der Waals surface area contributed by atoms with Gasteiger partial charge >= 0.3 is 0 Å². The first-order valence-corrected chi connectivity index (χ1v) is 6.84. The largest absolute Gasteiger partial charge is 0.395 e. The molecule has 0 amide bonds. The summed E-state index contributed by atoms with van der Waals surface area (Å²) >= 11 is 0. The average Bonchev–Trinajstić information content (AvgIpc) is 2.44. The summed E-state index contributed by atoms with van der Waals surface area (Å²) in [7, 11) is 0. The normalized spacial score (nSPS) is 10.0. The van der Waals surface area contributed by atoms with Gasteiger partial charge in [-0.15, -0.1) is 0 Å². The van der Waals surface area contributed by atoms with Gasteiger partial charge in [-0.05, 0) is 31.5 Å². The highest BCUT2D eigenvalue weighted by Crippen LogP contribution is 2.07. The Morgan fingerprint density at radius 2 is 2.10 bits per heavy atom. The number of aromatic nitrogens is 2. The second-order valence-corrected chi connectivity index (χ2v) is 4.84. The van der Waals surface area contributed by atoms with E-state index in [-0.39, 0.29) is 12.2 Å². The van der Waals surface area contributed by atoms with E-state index in [1.807, 2.05) is 38.1 Å². The molecule has 0 aliphatic rings. The van der Waals surface area contributed by atoms with Gasteiger partial charge in [0.25, 0.3) is 5.56 Å². The third-order valence-corrected chi connectivity index (χ3v) is 3.06. The molecule has 1 heterocycles. The van der Waals surface area contributed by atoms with Crippen molar-refractivity contribution in [2.45, 2.75) is 26.8 Å². The second-order valence-electron chi connectivity index (χ2n) is 4.84. The van der Waals surface area contributed by atoms with Crippen LogP contribution in [-0.2, 0) is 6.54 Å². The van der Waals surface area contributed by atoms with E-state index in [0.717, 1.165) is 16.8 Å². The lowest BCUT2D eigenvalue weighted by molar-refractivity contribution is 0.305. The number of aliphatic hydroxyl groups is 1. The third-order valence-electron chi connectivity index (χ3n) is 3.06. The molecule has 1 aromatic heterocycles. The molecular weight excluding hydrogens is 264 g/mol. The Morgan fingerprint density at radius 3 is 2.81 bits per heavy atom. The highest BCUT2D eigenvalue weighted by Gasteiger charge is 2.04. The fourth-order valence-corrected chi connectivity index (χ4v) is 2.11. The summed E-state index contributed by atoms with van der Waals surface area (Å²) in [6, 6.07) is 9.29. The first-order chi connectivity index (χ1) is 10.1. The SMILES string of the molecule is Cc1cc(=O)n(Cc2cccc(C#CCCO)c2)c(C)n1. The van der Waals surface area contributed by atoms with Crippen molar-refractivity contribution in [3.63, 3.8) is 0 Å². The van der Waals surface area contributed by atoms with Crippen molar-refractivity contribution in [3.05, 3.63) is 63.3 Å². The summed E-state index contributed by atoms with van der Waals surface area (Å²) in [5.74, 6) is 6.59. The Kier molecular flexibility index (Phi) is 4.91. The van der Waals surface area contributed by atoms with Crippen LogP contribution in [0.4, 0.5) is 0 Å². The number of nitrogens with zero attached hydrogens (tertiary/aromatic N) is 2. The first kappa shape index (κ1) is 15.0. The summed E-state index contributed by atoms with van der Waals surface area (Å²) in [6.45, 7) is 4.19. The lowest BCUT2D eigenvalue weighted by atomic mass is 10.1. The monoisotopic (exact) mass is 282 g/mol.